The molecule has 0 unspecified atom stereocenters. The van der Waals surface area contributed by atoms with Crippen molar-refractivity contribution in [1.82, 2.24) is 19.9 Å². The molecule has 248 valence electrons. The summed E-state index contributed by atoms with van der Waals surface area (Å²) >= 11 is 0. The third kappa shape index (κ3) is 5.61. The van der Waals surface area contributed by atoms with Crippen LogP contribution in [0.25, 0.3) is 100 Å². The molecule has 0 saturated heterocycles. The SMILES string of the molecule is c1ccc(-c2nc3c(ccc4c(-c5ccc(-c6ccc(-c7cc(-c8ccccn8)cc(-c8ccccn8)c7)cc6)cc5)nc5ccccc5c43)o2)cc1. The van der Waals surface area contributed by atoms with Crippen LogP contribution in [0, 0.1) is 0 Å². The summed E-state index contributed by atoms with van der Waals surface area (Å²) in [6.07, 6.45) is 3.66. The van der Waals surface area contributed by atoms with E-state index in [-0.39, 0.29) is 0 Å². The lowest BCUT2D eigenvalue weighted by atomic mass is 9.94. The fraction of sp³-hybridized carbons (Fsp3) is 0. The minimum atomic E-state index is 0.612. The first-order valence-corrected chi connectivity index (χ1v) is 17.6. The number of hydrogen-bond acceptors (Lipinski definition) is 5. The number of rotatable bonds is 6. The normalized spacial score (nSPS) is 11.4. The van der Waals surface area contributed by atoms with Crippen LogP contribution in [0.15, 0.2) is 187 Å². The fourth-order valence-electron chi connectivity index (χ4n) is 7.18. The second-order valence-electron chi connectivity index (χ2n) is 13.1. The highest BCUT2D eigenvalue weighted by molar-refractivity contribution is 6.20. The fourth-order valence-corrected chi connectivity index (χ4v) is 7.18. The summed E-state index contributed by atoms with van der Waals surface area (Å²) in [6.45, 7) is 0. The number of hydrogen-bond donors (Lipinski definition) is 0. The van der Waals surface area contributed by atoms with Crippen molar-refractivity contribution in [2.24, 2.45) is 0 Å². The second kappa shape index (κ2) is 12.8. The number of benzene rings is 6. The first-order valence-electron chi connectivity index (χ1n) is 17.6. The maximum Gasteiger partial charge on any atom is 0.227 e. The highest BCUT2D eigenvalue weighted by Crippen LogP contribution is 2.39. The number of pyridine rings is 3. The van der Waals surface area contributed by atoms with Crippen molar-refractivity contribution in [1.29, 1.82) is 0 Å². The maximum absolute atomic E-state index is 6.27. The zero-order chi connectivity index (χ0) is 35.1. The lowest BCUT2D eigenvalue weighted by molar-refractivity contribution is 0.620. The minimum absolute atomic E-state index is 0.612. The monoisotopic (exact) mass is 678 g/mol. The van der Waals surface area contributed by atoms with Gasteiger partial charge in [0.05, 0.1) is 22.6 Å². The largest absolute Gasteiger partial charge is 0.436 e. The van der Waals surface area contributed by atoms with E-state index in [1.54, 1.807) is 0 Å². The molecule has 10 aromatic rings. The average molecular weight is 679 g/mol. The van der Waals surface area contributed by atoms with Crippen molar-refractivity contribution in [2.45, 2.75) is 0 Å². The van der Waals surface area contributed by atoms with Crippen LogP contribution in [0.3, 0.4) is 0 Å². The summed E-state index contributed by atoms with van der Waals surface area (Å²) in [7, 11) is 0. The molecule has 6 aromatic carbocycles. The Bertz CT molecular complexity index is 2850. The molecule has 4 heterocycles. The third-order valence-electron chi connectivity index (χ3n) is 9.81. The smallest absolute Gasteiger partial charge is 0.227 e. The van der Waals surface area contributed by atoms with E-state index < -0.39 is 0 Å². The number of nitrogens with zero attached hydrogens (tertiary/aromatic N) is 4. The number of fused-ring (bicyclic) bond motifs is 5. The summed E-state index contributed by atoms with van der Waals surface area (Å²) in [4.78, 5) is 19.5. The first kappa shape index (κ1) is 30.6. The predicted octanol–water partition coefficient (Wildman–Crippen LogP) is 12.3. The van der Waals surface area contributed by atoms with E-state index >= 15 is 0 Å². The number of para-hydroxylation sites is 1. The van der Waals surface area contributed by atoms with Gasteiger partial charge in [0.25, 0.3) is 0 Å². The highest BCUT2D eigenvalue weighted by Gasteiger charge is 2.18. The molecule has 10 rings (SSSR count). The quantitative estimate of drug-likeness (QED) is 0.164. The molecule has 0 radical (unpaired) electrons. The van der Waals surface area contributed by atoms with Gasteiger partial charge in [-0.2, -0.15) is 0 Å². The molecule has 0 spiro atoms. The van der Waals surface area contributed by atoms with E-state index in [1.165, 1.54) is 0 Å². The van der Waals surface area contributed by atoms with Crippen molar-refractivity contribution in [3.8, 4) is 67.5 Å². The molecular weight excluding hydrogens is 649 g/mol. The van der Waals surface area contributed by atoms with E-state index in [4.69, 9.17) is 14.4 Å². The summed E-state index contributed by atoms with van der Waals surface area (Å²) in [5, 5.41) is 3.14. The van der Waals surface area contributed by atoms with E-state index in [2.05, 4.69) is 101 Å². The van der Waals surface area contributed by atoms with Crippen molar-refractivity contribution >= 4 is 32.8 Å². The zero-order valence-corrected chi connectivity index (χ0v) is 28.5. The lowest BCUT2D eigenvalue weighted by Gasteiger charge is -2.12. The summed E-state index contributed by atoms with van der Waals surface area (Å²) in [5.41, 5.74) is 13.9. The number of oxazole rings is 1. The topological polar surface area (TPSA) is 64.7 Å². The van der Waals surface area contributed by atoms with E-state index in [1.807, 2.05) is 91.3 Å². The van der Waals surface area contributed by atoms with E-state index in [0.717, 1.165) is 94.4 Å². The second-order valence-corrected chi connectivity index (χ2v) is 13.1. The molecule has 0 atom stereocenters. The summed E-state index contributed by atoms with van der Waals surface area (Å²) < 4.78 is 6.27. The molecule has 0 saturated carbocycles. The Morgan fingerprint density at radius 3 is 1.58 bits per heavy atom. The molecule has 0 aliphatic heterocycles. The van der Waals surface area contributed by atoms with Gasteiger partial charge in [0, 0.05) is 50.8 Å². The van der Waals surface area contributed by atoms with Gasteiger partial charge >= 0.3 is 0 Å². The van der Waals surface area contributed by atoms with Gasteiger partial charge in [0.15, 0.2) is 5.58 Å². The zero-order valence-electron chi connectivity index (χ0n) is 28.5. The Morgan fingerprint density at radius 2 is 0.943 bits per heavy atom. The Balaban J connectivity index is 1.01. The van der Waals surface area contributed by atoms with Gasteiger partial charge in [-0.3, -0.25) is 9.97 Å². The highest BCUT2D eigenvalue weighted by atomic mass is 16.3. The van der Waals surface area contributed by atoms with Crippen LogP contribution in [0.2, 0.25) is 0 Å². The standard InChI is InChI=1S/C48H30N4O/c1-2-10-35(11-3-1)48-52-47-44(53-48)25-24-40-45(47)39-12-4-5-15-43(39)51-46(40)34-22-20-32(21-23-34)31-16-18-33(19-17-31)36-28-37(41-13-6-8-26-49-41)30-38(29-36)42-14-7-9-27-50-42/h1-30H. The lowest BCUT2D eigenvalue weighted by Crippen LogP contribution is -1.91. The molecule has 4 aromatic heterocycles. The Morgan fingerprint density at radius 1 is 0.377 bits per heavy atom. The summed E-state index contributed by atoms with van der Waals surface area (Å²) in [6, 6.07) is 58.4. The molecular formula is C48H30N4O. The maximum atomic E-state index is 6.27. The van der Waals surface area contributed by atoms with Crippen LogP contribution >= 0.6 is 0 Å². The van der Waals surface area contributed by atoms with Crippen molar-refractivity contribution < 1.29 is 4.42 Å². The van der Waals surface area contributed by atoms with Gasteiger partial charge in [0.2, 0.25) is 5.89 Å². The van der Waals surface area contributed by atoms with Crippen LogP contribution in [-0.2, 0) is 0 Å². The minimum Gasteiger partial charge on any atom is -0.436 e. The van der Waals surface area contributed by atoms with Gasteiger partial charge in [-0.1, -0.05) is 97.1 Å². The average Bonchev–Trinajstić information content (AvgIpc) is 3.69. The predicted molar refractivity (Wildman–Crippen MR) is 215 cm³/mol. The van der Waals surface area contributed by atoms with Gasteiger partial charge in [-0.25, -0.2) is 9.97 Å². The Kier molecular flexibility index (Phi) is 7.40. The van der Waals surface area contributed by atoms with Crippen LogP contribution in [0.1, 0.15) is 0 Å². The molecule has 53 heavy (non-hydrogen) atoms. The van der Waals surface area contributed by atoms with Crippen LogP contribution in [0.4, 0.5) is 0 Å². The number of aromatic nitrogens is 4. The molecule has 0 aliphatic rings. The van der Waals surface area contributed by atoms with Crippen molar-refractivity contribution in [2.75, 3.05) is 0 Å². The van der Waals surface area contributed by atoms with Crippen molar-refractivity contribution in [3.05, 3.63) is 182 Å². The van der Waals surface area contributed by atoms with Gasteiger partial charge in [-0.05, 0) is 95.1 Å². The van der Waals surface area contributed by atoms with Gasteiger partial charge < -0.3 is 4.42 Å². The van der Waals surface area contributed by atoms with Crippen molar-refractivity contribution in [3.63, 3.8) is 0 Å². The third-order valence-corrected chi connectivity index (χ3v) is 9.81. The Labute approximate surface area is 305 Å². The molecule has 5 heteroatoms. The molecule has 0 amide bonds. The van der Waals surface area contributed by atoms with Crippen LogP contribution in [-0.4, -0.2) is 19.9 Å². The summed E-state index contributed by atoms with van der Waals surface area (Å²) in [5.74, 6) is 0.612. The van der Waals surface area contributed by atoms with Gasteiger partial charge in [0.1, 0.15) is 5.52 Å². The molecule has 0 fully saturated rings. The Hall–Kier alpha value is -7.24. The molecule has 0 N–H and O–H groups in total. The molecule has 5 nitrogen and oxygen atoms in total. The van der Waals surface area contributed by atoms with E-state index in [9.17, 15) is 0 Å². The van der Waals surface area contributed by atoms with E-state index in [0.29, 0.717) is 5.89 Å². The molecule has 0 bridgehead atoms. The van der Waals surface area contributed by atoms with Gasteiger partial charge in [-0.15, -0.1) is 0 Å². The van der Waals surface area contributed by atoms with Crippen LogP contribution < -0.4 is 0 Å². The molecule has 0 aliphatic carbocycles. The first-order chi connectivity index (χ1) is 26.2. The van der Waals surface area contributed by atoms with Crippen LogP contribution in [0.5, 0.6) is 0 Å².